The third kappa shape index (κ3) is 1.76. The highest BCUT2D eigenvalue weighted by Gasteiger charge is 2.03. The van der Waals surface area contributed by atoms with Crippen LogP contribution in [0.3, 0.4) is 0 Å². The quantitative estimate of drug-likeness (QED) is 0.689. The van der Waals surface area contributed by atoms with E-state index in [2.05, 4.69) is 34.8 Å². The Hall–Kier alpha value is -0.0200. The molecule has 0 bridgehead atoms. The van der Waals surface area contributed by atoms with Crippen LogP contribution in [0.4, 0.5) is 0 Å². The molecule has 0 amide bonds. The maximum Gasteiger partial charge on any atom is 0.0989 e. The van der Waals surface area contributed by atoms with Gasteiger partial charge in [0.25, 0.3) is 0 Å². The molecule has 0 N–H and O–H groups in total. The van der Waals surface area contributed by atoms with E-state index in [0.29, 0.717) is 0 Å². The van der Waals surface area contributed by atoms with Crippen LogP contribution in [0.15, 0.2) is 15.7 Å². The summed E-state index contributed by atoms with van der Waals surface area (Å²) in [6.07, 6.45) is 3.90. The van der Waals surface area contributed by atoms with Gasteiger partial charge in [0.1, 0.15) is 0 Å². The van der Waals surface area contributed by atoms with Crippen molar-refractivity contribution in [2.24, 2.45) is 0 Å². The number of aromatic nitrogens is 1. The molecule has 0 aliphatic rings. The summed E-state index contributed by atoms with van der Waals surface area (Å²) in [6, 6.07) is 0. The van der Waals surface area contributed by atoms with Gasteiger partial charge in [0.2, 0.25) is 0 Å². The molecule has 1 aromatic heterocycles. The maximum atomic E-state index is 4.27. The maximum absolute atomic E-state index is 4.27. The second-order valence-corrected chi connectivity index (χ2v) is 4.01. The highest BCUT2D eigenvalue weighted by molar-refractivity contribution is 9.10. The van der Waals surface area contributed by atoms with Crippen LogP contribution in [-0.4, -0.2) is 11.2 Å². The van der Waals surface area contributed by atoms with E-state index in [1.54, 1.807) is 11.8 Å². The van der Waals surface area contributed by atoms with Gasteiger partial charge in [-0.25, -0.2) is 4.98 Å². The molecule has 0 aliphatic heterocycles. The zero-order valence-electron chi connectivity index (χ0n) is 6.81. The number of rotatable bonds is 1. The van der Waals surface area contributed by atoms with E-state index in [1.165, 1.54) is 11.1 Å². The third-order valence-electron chi connectivity index (χ3n) is 1.73. The van der Waals surface area contributed by atoms with Crippen LogP contribution in [0, 0.1) is 13.8 Å². The molecule has 0 fully saturated rings. The number of pyridine rings is 1. The summed E-state index contributed by atoms with van der Waals surface area (Å²) in [5.74, 6) is 0. The van der Waals surface area contributed by atoms with Crippen LogP contribution in [0.25, 0.3) is 0 Å². The van der Waals surface area contributed by atoms with Crippen LogP contribution in [0.2, 0.25) is 0 Å². The molecule has 0 atom stereocenters. The molecule has 1 nitrogen and oxygen atoms in total. The fourth-order valence-corrected chi connectivity index (χ4v) is 1.87. The first-order chi connectivity index (χ1) is 5.16. The Balaban J connectivity index is 3.25. The molecule has 3 heteroatoms. The zero-order chi connectivity index (χ0) is 8.43. The van der Waals surface area contributed by atoms with Crippen molar-refractivity contribution in [1.82, 2.24) is 4.98 Å². The second kappa shape index (κ2) is 3.59. The summed E-state index contributed by atoms with van der Waals surface area (Å²) in [4.78, 5) is 4.27. The van der Waals surface area contributed by atoms with Gasteiger partial charge in [0.15, 0.2) is 0 Å². The van der Waals surface area contributed by atoms with Gasteiger partial charge in [-0.2, -0.15) is 0 Å². The molecule has 0 aromatic carbocycles. The molecular weight excluding hydrogens is 222 g/mol. The van der Waals surface area contributed by atoms with Crippen LogP contribution in [0.5, 0.6) is 0 Å². The van der Waals surface area contributed by atoms with Gasteiger partial charge in [-0.3, -0.25) is 0 Å². The molecule has 1 aromatic rings. The summed E-state index contributed by atoms with van der Waals surface area (Å²) in [5, 5.41) is 1.12. The summed E-state index contributed by atoms with van der Waals surface area (Å²) >= 11 is 5.12. The molecule has 0 unspecified atom stereocenters. The van der Waals surface area contributed by atoms with Gasteiger partial charge in [0, 0.05) is 10.7 Å². The molecular formula is C8H10BrNS. The van der Waals surface area contributed by atoms with E-state index in [1.807, 2.05) is 12.5 Å². The van der Waals surface area contributed by atoms with Gasteiger partial charge < -0.3 is 0 Å². The Morgan fingerprint density at radius 1 is 1.36 bits per heavy atom. The average molecular weight is 232 g/mol. The topological polar surface area (TPSA) is 12.9 Å². The van der Waals surface area contributed by atoms with Crippen LogP contribution in [-0.2, 0) is 0 Å². The summed E-state index contributed by atoms with van der Waals surface area (Å²) in [5.41, 5.74) is 2.55. The van der Waals surface area contributed by atoms with Gasteiger partial charge in [0.05, 0.1) is 5.03 Å². The number of nitrogens with zero attached hydrogens (tertiary/aromatic N) is 1. The standard InChI is InChI=1S/C8H10BrNS/c1-5-6(2)8(11-3)10-4-7(5)9/h4H,1-3H3. The lowest BCUT2D eigenvalue weighted by Gasteiger charge is -2.05. The smallest absolute Gasteiger partial charge is 0.0989 e. The lowest BCUT2D eigenvalue weighted by molar-refractivity contribution is 1.04. The molecule has 0 aliphatic carbocycles. The number of hydrogen-bond acceptors (Lipinski definition) is 2. The van der Waals surface area contributed by atoms with Crippen molar-refractivity contribution in [2.75, 3.05) is 6.26 Å². The molecule has 11 heavy (non-hydrogen) atoms. The fraction of sp³-hybridized carbons (Fsp3) is 0.375. The van der Waals surface area contributed by atoms with Gasteiger partial charge in [-0.05, 0) is 47.2 Å². The predicted octanol–water partition coefficient (Wildman–Crippen LogP) is 3.18. The van der Waals surface area contributed by atoms with Crippen molar-refractivity contribution in [2.45, 2.75) is 18.9 Å². The molecule has 0 saturated heterocycles. The van der Waals surface area contributed by atoms with E-state index in [-0.39, 0.29) is 0 Å². The van der Waals surface area contributed by atoms with Gasteiger partial charge in [-0.1, -0.05) is 0 Å². The van der Waals surface area contributed by atoms with E-state index in [9.17, 15) is 0 Å². The minimum atomic E-state index is 1.09. The summed E-state index contributed by atoms with van der Waals surface area (Å²) in [7, 11) is 0. The first kappa shape index (κ1) is 9.07. The predicted molar refractivity (Wildman–Crippen MR) is 53.2 cm³/mol. The minimum absolute atomic E-state index is 1.09. The molecule has 60 valence electrons. The number of thioether (sulfide) groups is 1. The van der Waals surface area contributed by atoms with Gasteiger partial charge in [-0.15, -0.1) is 11.8 Å². The van der Waals surface area contributed by atoms with Crippen molar-refractivity contribution >= 4 is 27.7 Å². The van der Waals surface area contributed by atoms with Crippen LogP contribution < -0.4 is 0 Å². The molecule has 0 spiro atoms. The Labute approximate surface area is 79.7 Å². The molecule has 0 saturated carbocycles. The monoisotopic (exact) mass is 231 g/mol. The highest BCUT2D eigenvalue weighted by Crippen LogP contribution is 2.24. The van der Waals surface area contributed by atoms with Crippen molar-refractivity contribution in [3.8, 4) is 0 Å². The summed E-state index contributed by atoms with van der Waals surface area (Å²) < 4.78 is 1.09. The van der Waals surface area contributed by atoms with E-state index in [4.69, 9.17) is 0 Å². The van der Waals surface area contributed by atoms with E-state index >= 15 is 0 Å². The SMILES string of the molecule is CSc1ncc(Br)c(C)c1C. The van der Waals surface area contributed by atoms with Crippen molar-refractivity contribution in [1.29, 1.82) is 0 Å². The fourth-order valence-electron chi connectivity index (χ4n) is 0.854. The molecule has 0 radical (unpaired) electrons. The molecule has 1 rings (SSSR count). The highest BCUT2D eigenvalue weighted by atomic mass is 79.9. The zero-order valence-corrected chi connectivity index (χ0v) is 9.21. The van der Waals surface area contributed by atoms with E-state index < -0.39 is 0 Å². The number of hydrogen-bond donors (Lipinski definition) is 0. The normalized spacial score (nSPS) is 10.2. The Morgan fingerprint density at radius 2 is 2.00 bits per heavy atom. The van der Waals surface area contributed by atoms with Crippen molar-refractivity contribution in [3.63, 3.8) is 0 Å². The van der Waals surface area contributed by atoms with Crippen molar-refractivity contribution < 1.29 is 0 Å². The number of halogens is 1. The lowest BCUT2D eigenvalue weighted by atomic mass is 10.2. The van der Waals surface area contributed by atoms with E-state index in [0.717, 1.165) is 9.50 Å². The first-order valence-corrected chi connectivity index (χ1v) is 5.34. The van der Waals surface area contributed by atoms with Crippen molar-refractivity contribution in [3.05, 3.63) is 21.8 Å². The third-order valence-corrected chi connectivity index (χ3v) is 3.33. The Bertz CT molecular complexity index is 273. The lowest BCUT2D eigenvalue weighted by Crippen LogP contribution is -1.89. The largest absolute Gasteiger partial charge is 0.248 e. The van der Waals surface area contributed by atoms with Crippen LogP contribution in [0.1, 0.15) is 11.1 Å². The van der Waals surface area contributed by atoms with Gasteiger partial charge >= 0.3 is 0 Å². The average Bonchev–Trinajstić information content (AvgIpc) is 2.01. The Morgan fingerprint density at radius 3 is 2.55 bits per heavy atom. The second-order valence-electron chi connectivity index (χ2n) is 2.37. The Kier molecular flexibility index (Phi) is 2.96. The molecule has 1 heterocycles. The first-order valence-electron chi connectivity index (χ1n) is 3.32. The minimum Gasteiger partial charge on any atom is -0.248 e. The van der Waals surface area contributed by atoms with Crippen LogP contribution >= 0.6 is 27.7 Å². The summed E-state index contributed by atoms with van der Waals surface area (Å²) in [6.45, 7) is 4.19.